The first-order valence-corrected chi connectivity index (χ1v) is 6.90. The van der Waals surface area contributed by atoms with E-state index in [1.807, 2.05) is 31.2 Å². The zero-order valence-electron chi connectivity index (χ0n) is 11.6. The summed E-state index contributed by atoms with van der Waals surface area (Å²) in [6.07, 6.45) is 0.180. The van der Waals surface area contributed by atoms with Crippen molar-refractivity contribution in [2.24, 2.45) is 0 Å². The van der Waals surface area contributed by atoms with Gasteiger partial charge in [0.25, 0.3) is 0 Å². The second-order valence-electron chi connectivity index (χ2n) is 4.62. The minimum absolute atomic E-state index is 0.0210. The molecule has 110 valence electrons. The molecule has 2 aromatic rings. The van der Waals surface area contributed by atoms with Crippen LogP contribution < -0.4 is 10.1 Å². The van der Waals surface area contributed by atoms with Gasteiger partial charge in [0.1, 0.15) is 11.5 Å². The first-order chi connectivity index (χ1) is 10.0. The lowest BCUT2D eigenvalue weighted by Crippen LogP contribution is -2.15. The van der Waals surface area contributed by atoms with Crippen molar-refractivity contribution in [3.05, 3.63) is 53.1 Å². The average molecular weight is 306 g/mol. The molecule has 0 aliphatic rings. The molecular formula is C16H16ClNO3. The first-order valence-electron chi connectivity index (χ1n) is 6.52. The molecule has 4 nitrogen and oxygen atoms in total. The van der Waals surface area contributed by atoms with Crippen molar-refractivity contribution in [1.82, 2.24) is 0 Å². The van der Waals surface area contributed by atoms with E-state index in [1.54, 1.807) is 6.07 Å². The molecule has 0 fully saturated rings. The minimum atomic E-state index is -0.250. The number of hydrogen-bond donors (Lipinski definition) is 2. The number of hydrogen-bond acceptors (Lipinski definition) is 3. The van der Waals surface area contributed by atoms with Crippen LogP contribution >= 0.6 is 11.6 Å². The van der Waals surface area contributed by atoms with Gasteiger partial charge >= 0.3 is 0 Å². The standard InChI is InChI=1S/C16H16ClNO3/c1-11-3-2-4-13(9-11)21-8-7-16(20)18-14-10-12(17)5-6-15(14)19/h2-6,9-10,19H,7-8H2,1H3,(H,18,20). The van der Waals surface area contributed by atoms with Crippen molar-refractivity contribution in [2.45, 2.75) is 13.3 Å². The molecule has 21 heavy (non-hydrogen) atoms. The monoisotopic (exact) mass is 305 g/mol. The Hall–Kier alpha value is -2.20. The molecule has 0 unspecified atom stereocenters. The van der Waals surface area contributed by atoms with Gasteiger partial charge in [0.05, 0.1) is 18.7 Å². The van der Waals surface area contributed by atoms with Crippen LogP contribution in [0.2, 0.25) is 5.02 Å². The highest BCUT2D eigenvalue weighted by Crippen LogP contribution is 2.26. The number of amides is 1. The summed E-state index contributed by atoms with van der Waals surface area (Å²) >= 11 is 5.81. The van der Waals surface area contributed by atoms with E-state index in [0.29, 0.717) is 10.7 Å². The van der Waals surface area contributed by atoms with E-state index < -0.39 is 0 Å². The second-order valence-corrected chi connectivity index (χ2v) is 5.06. The number of ether oxygens (including phenoxy) is 1. The van der Waals surface area contributed by atoms with Crippen LogP contribution in [0.3, 0.4) is 0 Å². The Bertz CT molecular complexity index is 643. The Labute approximate surface area is 128 Å². The normalized spacial score (nSPS) is 10.2. The molecular weight excluding hydrogens is 290 g/mol. The number of benzene rings is 2. The van der Waals surface area contributed by atoms with E-state index in [0.717, 1.165) is 11.3 Å². The molecule has 0 aromatic heterocycles. The number of phenolic OH excluding ortho intramolecular Hbond substituents is 1. The summed E-state index contributed by atoms with van der Waals surface area (Å²) in [5.41, 5.74) is 1.39. The van der Waals surface area contributed by atoms with Gasteiger partial charge in [0.15, 0.2) is 0 Å². The lowest BCUT2D eigenvalue weighted by Gasteiger charge is -2.09. The highest BCUT2D eigenvalue weighted by atomic mass is 35.5. The van der Waals surface area contributed by atoms with Crippen LogP contribution in [0.1, 0.15) is 12.0 Å². The van der Waals surface area contributed by atoms with Crippen molar-refractivity contribution in [3.8, 4) is 11.5 Å². The first kappa shape index (κ1) is 15.2. The minimum Gasteiger partial charge on any atom is -0.506 e. The van der Waals surface area contributed by atoms with E-state index in [4.69, 9.17) is 16.3 Å². The van der Waals surface area contributed by atoms with Gasteiger partial charge in [0.2, 0.25) is 5.91 Å². The Balaban J connectivity index is 1.84. The lowest BCUT2D eigenvalue weighted by molar-refractivity contribution is -0.116. The molecule has 2 aromatic carbocycles. The third-order valence-corrected chi connectivity index (χ3v) is 3.06. The predicted molar refractivity (Wildman–Crippen MR) is 83.0 cm³/mol. The summed E-state index contributed by atoms with van der Waals surface area (Å²) in [5.74, 6) is 0.459. The molecule has 0 atom stereocenters. The fraction of sp³-hybridized carbons (Fsp3) is 0.188. The molecule has 1 amide bonds. The SMILES string of the molecule is Cc1cccc(OCCC(=O)Nc2cc(Cl)ccc2O)c1. The van der Waals surface area contributed by atoms with Crippen LogP contribution in [-0.4, -0.2) is 17.6 Å². The molecule has 5 heteroatoms. The number of anilines is 1. The molecule has 0 heterocycles. The number of aromatic hydroxyl groups is 1. The Morgan fingerprint density at radius 2 is 2.10 bits per heavy atom. The molecule has 2 rings (SSSR count). The zero-order valence-corrected chi connectivity index (χ0v) is 12.4. The van der Waals surface area contributed by atoms with Gasteiger partial charge in [-0.1, -0.05) is 23.7 Å². The Morgan fingerprint density at radius 1 is 1.29 bits per heavy atom. The summed E-state index contributed by atoms with van der Waals surface area (Å²) in [4.78, 5) is 11.8. The molecule has 0 radical (unpaired) electrons. The molecule has 2 N–H and O–H groups in total. The number of aryl methyl sites for hydroxylation is 1. The van der Waals surface area contributed by atoms with Crippen molar-refractivity contribution < 1.29 is 14.6 Å². The van der Waals surface area contributed by atoms with Gasteiger partial charge in [-0.25, -0.2) is 0 Å². The second kappa shape index (κ2) is 6.99. The van der Waals surface area contributed by atoms with E-state index in [1.165, 1.54) is 12.1 Å². The Morgan fingerprint density at radius 3 is 2.86 bits per heavy atom. The van der Waals surface area contributed by atoms with Gasteiger partial charge in [0, 0.05) is 5.02 Å². The third kappa shape index (κ3) is 4.68. The summed E-state index contributed by atoms with van der Waals surface area (Å²) in [6.45, 7) is 2.23. The number of carbonyl (C=O) groups excluding carboxylic acids is 1. The van der Waals surface area contributed by atoms with Crippen molar-refractivity contribution >= 4 is 23.2 Å². The smallest absolute Gasteiger partial charge is 0.227 e. The number of nitrogens with one attached hydrogen (secondary N) is 1. The van der Waals surface area contributed by atoms with E-state index in [-0.39, 0.29) is 24.7 Å². The van der Waals surface area contributed by atoms with E-state index in [9.17, 15) is 9.90 Å². The predicted octanol–water partition coefficient (Wildman–Crippen LogP) is 3.76. The van der Waals surface area contributed by atoms with Gasteiger partial charge < -0.3 is 15.2 Å². The average Bonchev–Trinajstić information content (AvgIpc) is 2.43. The van der Waals surface area contributed by atoms with Crippen LogP contribution in [0.4, 0.5) is 5.69 Å². The van der Waals surface area contributed by atoms with Crippen LogP contribution in [0.5, 0.6) is 11.5 Å². The summed E-state index contributed by atoms with van der Waals surface area (Å²) < 4.78 is 5.50. The number of phenols is 1. The van der Waals surface area contributed by atoms with Gasteiger partial charge in [-0.2, -0.15) is 0 Å². The van der Waals surface area contributed by atoms with Crippen molar-refractivity contribution in [2.75, 3.05) is 11.9 Å². The van der Waals surface area contributed by atoms with Crippen LogP contribution in [0.25, 0.3) is 0 Å². The zero-order chi connectivity index (χ0) is 15.2. The van der Waals surface area contributed by atoms with Gasteiger partial charge in [-0.05, 0) is 42.8 Å². The lowest BCUT2D eigenvalue weighted by atomic mass is 10.2. The molecule has 0 saturated heterocycles. The van der Waals surface area contributed by atoms with Crippen LogP contribution in [0.15, 0.2) is 42.5 Å². The maximum absolute atomic E-state index is 11.8. The van der Waals surface area contributed by atoms with E-state index in [2.05, 4.69) is 5.32 Å². The molecule has 0 aliphatic carbocycles. The molecule has 0 aliphatic heterocycles. The number of carbonyl (C=O) groups is 1. The quantitative estimate of drug-likeness (QED) is 0.827. The highest BCUT2D eigenvalue weighted by Gasteiger charge is 2.07. The van der Waals surface area contributed by atoms with Crippen LogP contribution in [0, 0.1) is 6.92 Å². The maximum Gasteiger partial charge on any atom is 0.227 e. The third-order valence-electron chi connectivity index (χ3n) is 2.82. The van der Waals surface area contributed by atoms with E-state index >= 15 is 0 Å². The van der Waals surface area contributed by atoms with Crippen LogP contribution in [-0.2, 0) is 4.79 Å². The Kier molecular flexibility index (Phi) is 5.06. The molecule has 0 spiro atoms. The van der Waals surface area contributed by atoms with Crippen molar-refractivity contribution in [1.29, 1.82) is 0 Å². The topological polar surface area (TPSA) is 58.6 Å². The van der Waals surface area contributed by atoms with Gasteiger partial charge in [-0.15, -0.1) is 0 Å². The van der Waals surface area contributed by atoms with Crippen molar-refractivity contribution in [3.63, 3.8) is 0 Å². The maximum atomic E-state index is 11.8. The summed E-state index contributed by atoms with van der Waals surface area (Å²) in [6, 6.07) is 12.1. The summed E-state index contributed by atoms with van der Waals surface area (Å²) in [5, 5.41) is 12.7. The van der Waals surface area contributed by atoms with Gasteiger partial charge in [-0.3, -0.25) is 4.79 Å². The fourth-order valence-corrected chi connectivity index (χ4v) is 1.96. The summed E-state index contributed by atoms with van der Waals surface area (Å²) in [7, 11) is 0. The molecule has 0 saturated carbocycles. The molecule has 0 bridgehead atoms. The number of halogens is 1. The largest absolute Gasteiger partial charge is 0.506 e. The highest BCUT2D eigenvalue weighted by molar-refractivity contribution is 6.31. The fourth-order valence-electron chi connectivity index (χ4n) is 1.79. The number of rotatable bonds is 5.